The molecule has 8 nitrogen and oxygen atoms in total. The molecule has 0 amide bonds. The summed E-state index contributed by atoms with van der Waals surface area (Å²) in [6, 6.07) is 9.89. The second-order valence-corrected chi connectivity index (χ2v) is 8.30. The van der Waals surface area contributed by atoms with Gasteiger partial charge in [0.05, 0.1) is 5.39 Å². The lowest BCUT2D eigenvalue weighted by Gasteiger charge is -2.07. The van der Waals surface area contributed by atoms with Gasteiger partial charge < -0.3 is 10.3 Å². The van der Waals surface area contributed by atoms with Crippen molar-refractivity contribution in [2.45, 2.75) is 13.5 Å². The van der Waals surface area contributed by atoms with Crippen LogP contribution in [0.25, 0.3) is 56.0 Å². The second kappa shape index (κ2) is 8.90. The molecule has 0 unspecified atom stereocenters. The topological polar surface area (TPSA) is 108 Å². The first kappa shape index (κ1) is 21.9. The van der Waals surface area contributed by atoms with E-state index in [2.05, 4.69) is 40.4 Å². The van der Waals surface area contributed by atoms with Gasteiger partial charge in [0.2, 0.25) is 0 Å². The number of nitrogens with zero attached hydrogens (tertiary/aromatic N) is 5. The SMILES string of the molecule is CCNCc1cncc(-c2cnc3[nH]nc(-c4nc5c(-c6cccc(F)c6)ccnc5[nH]4)c3c2F)c1. The highest BCUT2D eigenvalue weighted by atomic mass is 19.1. The van der Waals surface area contributed by atoms with E-state index in [0.29, 0.717) is 51.4 Å². The molecule has 10 heteroatoms. The van der Waals surface area contributed by atoms with Crippen LogP contribution in [0.3, 0.4) is 0 Å². The standard InChI is InChI=1S/C26H20F2N8/c1-2-29-10-14-8-16(12-30-11-14)19-13-32-24-20(21(19)28)23(35-36-24)26-33-22-18(6-7-31-25(22)34-26)15-4-3-5-17(27)9-15/h3-9,11-13,29H,2,10H2,1H3,(H,31,33,34)(H,32,35,36). The number of H-pyrrole nitrogens is 2. The predicted molar refractivity (Wildman–Crippen MR) is 133 cm³/mol. The van der Waals surface area contributed by atoms with E-state index < -0.39 is 5.82 Å². The first-order chi connectivity index (χ1) is 17.6. The third kappa shape index (κ3) is 3.77. The number of hydrogen-bond acceptors (Lipinski definition) is 6. The number of benzene rings is 1. The van der Waals surface area contributed by atoms with E-state index in [9.17, 15) is 4.39 Å². The van der Waals surface area contributed by atoms with Crippen molar-refractivity contribution >= 4 is 22.2 Å². The molecule has 0 saturated carbocycles. The van der Waals surface area contributed by atoms with Gasteiger partial charge in [-0.2, -0.15) is 5.10 Å². The Hall–Kier alpha value is -4.57. The van der Waals surface area contributed by atoms with Crippen LogP contribution in [-0.4, -0.2) is 41.7 Å². The van der Waals surface area contributed by atoms with Crippen molar-refractivity contribution in [1.82, 2.24) is 40.4 Å². The van der Waals surface area contributed by atoms with Gasteiger partial charge in [-0.15, -0.1) is 0 Å². The van der Waals surface area contributed by atoms with Crippen LogP contribution in [0, 0.1) is 11.6 Å². The van der Waals surface area contributed by atoms with E-state index in [4.69, 9.17) is 0 Å². The van der Waals surface area contributed by atoms with Crippen molar-refractivity contribution in [3.8, 4) is 33.8 Å². The Morgan fingerprint density at radius 2 is 1.86 bits per heavy atom. The number of aromatic nitrogens is 7. The Morgan fingerprint density at radius 3 is 2.72 bits per heavy atom. The van der Waals surface area contributed by atoms with Crippen LogP contribution in [0.15, 0.2) is 61.2 Å². The summed E-state index contributed by atoms with van der Waals surface area (Å²) in [7, 11) is 0. The molecule has 0 atom stereocenters. The number of rotatable bonds is 6. The van der Waals surface area contributed by atoms with Gasteiger partial charge in [0.15, 0.2) is 17.1 Å². The molecule has 3 N–H and O–H groups in total. The zero-order valence-electron chi connectivity index (χ0n) is 19.2. The minimum Gasteiger partial charge on any atom is -0.321 e. The molecule has 0 fully saturated rings. The first-order valence-electron chi connectivity index (χ1n) is 11.4. The third-order valence-corrected chi connectivity index (χ3v) is 5.96. The van der Waals surface area contributed by atoms with Gasteiger partial charge in [0.1, 0.15) is 22.8 Å². The fourth-order valence-corrected chi connectivity index (χ4v) is 4.24. The smallest absolute Gasteiger partial charge is 0.161 e. The summed E-state index contributed by atoms with van der Waals surface area (Å²) in [5, 5.41) is 10.5. The van der Waals surface area contributed by atoms with Crippen LogP contribution in [-0.2, 0) is 6.54 Å². The molecule has 36 heavy (non-hydrogen) atoms. The van der Waals surface area contributed by atoms with Crippen molar-refractivity contribution in [1.29, 1.82) is 0 Å². The molecule has 0 bridgehead atoms. The van der Waals surface area contributed by atoms with Crippen molar-refractivity contribution in [2.75, 3.05) is 6.54 Å². The molecule has 6 rings (SSSR count). The zero-order chi connectivity index (χ0) is 24.6. The van der Waals surface area contributed by atoms with Crippen LogP contribution >= 0.6 is 0 Å². The maximum absolute atomic E-state index is 15.9. The molecule has 178 valence electrons. The van der Waals surface area contributed by atoms with Crippen LogP contribution in [0.5, 0.6) is 0 Å². The van der Waals surface area contributed by atoms with Crippen molar-refractivity contribution in [3.63, 3.8) is 0 Å². The molecule has 5 aromatic heterocycles. The average molecular weight is 482 g/mol. The highest BCUT2D eigenvalue weighted by molar-refractivity contribution is 5.96. The highest BCUT2D eigenvalue weighted by Crippen LogP contribution is 2.34. The normalized spacial score (nSPS) is 11.5. The van der Waals surface area contributed by atoms with Gasteiger partial charge in [0.25, 0.3) is 0 Å². The Morgan fingerprint density at radius 1 is 0.944 bits per heavy atom. The number of halogens is 2. The lowest BCUT2D eigenvalue weighted by molar-refractivity contribution is 0.628. The minimum atomic E-state index is -0.482. The Balaban J connectivity index is 1.48. The maximum Gasteiger partial charge on any atom is 0.161 e. The Labute approximate surface area is 203 Å². The molecular formula is C26H20F2N8. The zero-order valence-corrected chi connectivity index (χ0v) is 19.2. The van der Waals surface area contributed by atoms with Gasteiger partial charge in [0, 0.05) is 48.0 Å². The fourth-order valence-electron chi connectivity index (χ4n) is 4.24. The molecule has 0 radical (unpaired) electrons. The summed E-state index contributed by atoms with van der Waals surface area (Å²) in [6.07, 6.45) is 6.44. The molecule has 0 aliphatic heterocycles. The van der Waals surface area contributed by atoms with Crippen LogP contribution in [0.2, 0.25) is 0 Å². The van der Waals surface area contributed by atoms with Crippen molar-refractivity contribution in [2.24, 2.45) is 0 Å². The second-order valence-electron chi connectivity index (χ2n) is 8.30. The van der Waals surface area contributed by atoms with E-state index in [-0.39, 0.29) is 16.9 Å². The molecule has 0 spiro atoms. The van der Waals surface area contributed by atoms with Gasteiger partial charge in [-0.25, -0.2) is 23.7 Å². The summed E-state index contributed by atoms with van der Waals surface area (Å²) in [5.41, 5.74) is 4.80. The highest BCUT2D eigenvalue weighted by Gasteiger charge is 2.21. The van der Waals surface area contributed by atoms with E-state index >= 15 is 4.39 Å². The summed E-state index contributed by atoms with van der Waals surface area (Å²) in [4.78, 5) is 20.8. The van der Waals surface area contributed by atoms with Gasteiger partial charge >= 0.3 is 0 Å². The number of imidazole rings is 1. The number of pyridine rings is 3. The quantitative estimate of drug-likeness (QED) is 0.308. The van der Waals surface area contributed by atoms with Crippen LogP contribution in [0.4, 0.5) is 8.78 Å². The largest absolute Gasteiger partial charge is 0.321 e. The molecule has 5 heterocycles. The monoisotopic (exact) mass is 482 g/mol. The number of nitrogens with one attached hydrogen (secondary N) is 3. The first-order valence-corrected chi connectivity index (χ1v) is 11.4. The molecule has 0 aliphatic carbocycles. The van der Waals surface area contributed by atoms with E-state index in [1.165, 1.54) is 18.3 Å². The van der Waals surface area contributed by atoms with Gasteiger partial charge in [-0.1, -0.05) is 19.1 Å². The lowest BCUT2D eigenvalue weighted by Crippen LogP contribution is -2.11. The Bertz CT molecular complexity index is 1720. The van der Waals surface area contributed by atoms with E-state index in [0.717, 1.165) is 12.1 Å². The molecule has 0 saturated heterocycles. The van der Waals surface area contributed by atoms with Crippen molar-refractivity contribution < 1.29 is 8.78 Å². The third-order valence-electron chi connectivity index (χ3n) is 5.96. The molecule has 6 aromatic rings. The lowest BCUT2D eigenvalue weighted by atomic mass is 10.1. The number of hydrogen-bond donors (Lipinski definition) is 3. The van der Waals surface area contributed by atoms with E-state index in [1.807, 2.05) is 13.0 Å². The predicted octanol–water partition coefficient (Wildman–Crippen LogP) is 5.01. The molecular weight excluding hydrogens is 462 g/mol. The van der Waals surface area contributed by atoms with Gasteiger partial charge in [-0.05, 0) is 41.9 Å². The number of fused-ring (bicyclic) bond motifs is 2. The fraction of sp³-hybridized carbons (Fsp3) is 0.115. The van der Waals surface area contributed by atoms with Crippen molar-refractivity contribution in [3.05, 3.63) is 78.4 Å². The minimum absolute atomic E-state index is 0.205. The summed E-state index contributed by atoms with van der Waals surface area (Å²) >= 11 is 0. The molecule has 0 aliphatic rings. The van der Waals surface area contributed by atoms with Gasteiger partial charge in [-0.3, -0.25) is 10.1 Å². The summed E-state index contributed by atoms with van der Waals surface area (Å²) < 4.78 is 29.8. The summed E-state index contributed by atoms with van der Waals surface area (Å²) in [5.74, 6) is -0.509. The maximum atomic E-state index is 15.9. The number of aromatic amines is 2. The summed E-state index contributed by atoms with van der Waals surface area (Å²) in [6.45, 7) is 3.47. The molecule has 1 aromatic carbocycles. The van der Waals surface area contributed by atoms with E-state index in [1.54, 1.807) is 36.8 Å². The van der Waals surface area contributed by atoms with Crippen LogP contribution < -0.4 is 5.32 Å². The average Bonchev–Trinajstić information content (AvgIpc) is 3.52. The Kier molecular flexibility index (Phi) is 5.42. The van der Waals surface area contributed by atoms with Crippen LogP contribution in [0.1, 0.15) is 12.5 Å².